The maximum absolute atomic E-state index is 12.8. The zero-order valence-electron chi connectivity index (χ0n) is 17.9. The molecule has 6 nitrogen and oxygen atoms in total. The van der Waals surface area contributed by atoms with Crippen molar-refractivity contribution in [2.75, 3.05) is 20.1 Å². The van der Waals surface area contributed by atoms with Crippen molar-refractivity contribution in [2.24, 2.45) is 0 Å². The Balaban J connectivity index is 2.23. The summed E-state index contributed by atoms with van der Waals surface area (Å²) in [4.78, 5) is 15.2. The number of rotatable bonds is 9. The summed E-state index contributed by atoms with van der Waals surface area (Å²) in [6, 6.07) is 11.2. The van der Waals surface area contributed by atoms with Gasteiger partial charge in [0.25, 0.3) is 5.91 Å². The number of nitrogens with zero attached hydrogens (tertiary/aromatic N) is 1. The Hall–Kier alpha value is -2.22. The normalized spacial score (nSPS) is 11.7. The number of sulfonamides is 1. The minimum atomic E-state index is -3.64. The lowest BCUT2D eigenvalue weighted by atomic mass is 10.0. The molecule has 0 atom stereocenters. The van der Waals surface area contributed by atoms with Gasteiger partial charge in [-0.05, 0) is 68.4 Å². The maximum Gasteiger partial charge on any atom is 0.251 e. The third kappa shape index (κ3) is 5.65. The number of nitrogens with one attached hydrogen (secondary N) is 2. The molecule has 0 spiro atoms. The lowest BCUT2D eigenvalue weighted by Crippen LogP contribution is -2.27. The van der Waals surface area contributed by atoms with Crippen LogP contribution in [0.3, 0.4) is 0 Å². The van der Waals surface area contributed by atoms with Gasteiger partial charge in [-0.25, -0.2) is 13.1 Å². The Morgan fingerprint density at radius 2 is 1.66 bits per heavy atom. The summed E-state index contributed by atoms with van der Waals surface area (Å²) in [6.45, 7) is 10.9. The number of benzene rings is 2. The van der Waals surface area contributed by atoms with Gasteiger partial charge in [-0.3, -0.25) is 9.69 Å². The second kappa shape index (κ2) is 10.0. The number of carbonyl (C=O) groups excluding carboxylic acids is 1. The number of hydrogen-bond donors (Lipinski definition) is 2. The fourth-order valence-corrected chi connectivity index (χ4v) is 4.26. The monoisotopic (exact) mass is 417 g/mol. The molecule has 0 fully saturated rings. The number of carbonyl (C=O) groups is 1. The van der Waals surface area contributed by atoms with Crippen LogP contribution in [0, 0.1) is 13.8 Å². The predicted octanol–water partition coefficient (Wildman–Crippen LogP) is 2.98. The summed E-state index contributed by atoms with van der Waals surface area (Å²) < 4.78 is 26.9. The number of amides is 1. The van der Waals surface area contributed by atoms with Crippen LogP contribution < -0.4 is 10.0 Å². The summed E-state index contributed by atoms with van der Waals surface area (Å²) in [5, 5.41) is 2.94. The van der Waals surface area contributed by atoms with Crippen molar-refractivity contribution in [2.45, 2.75) is 45.7 Å². The summed E-state index contributed by atoms with van der Waals surface area (Å²) in [5.74, 6) is -0.293. The van der Waals surface area contributed by atoms with Crippen molar-refractivity contribution in [1.29, 1.82) is 0 Å². The molecule has 158 valence electrons. The van der Waals surface area contributed by atoms with Crippen LogP contribution >= 0.6 is 0 Å². The van der Waals surface area contributed by atoms with E-state index in [-0.39, 0.29) is 10.8 Å². The van der Waals surface area contributed by atoms with Crippen LogP contribution in [0.1, 0.15) is 46.5 Å². The highest BCUT2D eigenvalue weighted by Crippen LogP contribution is 2.21. The van der Waals surface area contributed by atoms with E-state index in [9.17, 15) is 13.2 Å². The molecule has 0 saturated heterocycles. The lowest BCUT2D eigenvalue weighted by molar-refractivity contribution is 0.0950. The van der Waals surface area contributed by atoms with E-state index >= 15 is 0 Å². The Morgan fingerprint density at radius 3 is 2.24 bits per heavy atom. The molecule has 0 aromatic heterocycles. The van der Waals surface area contributed by atoms with Crippen molar-refractivity contribution in [1.82, 2.24) is 14.9 Å². The molecular weight excluding hydrogens is 386 g/mol. The molecule has 2 N–H and O–H groups in total. The van der Waals surface area contributed by atoms with Gasteiger partial charge in [-0.1, -0.05) is 38.1 Å². The third-order valence-electron chi connectivity index (χ3n) is 5.29. The quantitative estimate of drug-likeness (QED) is 0.657. The highest BCUT2D eigenvalue weighted by Gasteiger charge is 2.19. The Labute approximate surface area is 174 Å². The average molecular weight is 418 g/mol. The summed E-state index contributed by atoms with van der Waals surface area (Å²) in [6.07, 6.45) is 0. The maximum atomic E-state index is 12.8. The Kier molecular flexibility index (Phi) is 7.96. The number of hydrogen-bond acceptors (Lipinski definition) is 4. The molecule has 0 aliphatic carbocycles. The van der Waals surface area contributed by atoms with E-state index in [0.29, 0.717) is 17.7 Å². The van der Waals surface area contributed by atoms with Crippen molar-refractivity contribution < 1.29 is 13.2 Å². The molecule has 2 aromatic carbocycles. The van der Waals surface area contributed by atoms with Gasteiger partial charge < -0.3 is 5.32 Å². The van der Waals surface area contributed by atoms with Gasteiger partial charge in [0.1, 0.15) is 0 Å². The average Bonchev–Trinajstić information content (AvgIpc) is 2.72. The van der Waals surface area contributed by atoms with E-state index in [1.54, 1.807) is 19.9 Å². The predicted molar refractivity (Wildman–Crippen MR) is 116 cm³/mol. The van der Waals surface area contributed by atoms with Gasteiger partial charge in [-0.2, -0.15) is 0 Å². The van der Waals surface area contributed by atoms with Crippen molar-refractivity contribution in [3.63, 3.8) is 0 Å². The fourth-order valence-electron chi connectivity index (χ4n) is 3.20. The zero-order chi connectivity index (χ0) is 21.6. The minimum absolute atomic E-state index is 0.132. The van der Waals surface area contributed by atoms with Gasteiger partial charge in [0.2, 0.25) is 10.0 Å². The van der Waals surface area contributed by atoms with Gasteiger partial charge in [0.05, 0.1) is 4.90 Å². The molecule has 0 bridgehead atoms. The summed E-state index contributed by atoms with van der Waals surface area (Å²) in [5.41, 5.74) is 3.96. The first-order valence-corrected chi connectivity index (χ1v) is 11.3. The van der Waals surface area contributed by atoms with Crippen LogP contribution in [0.25, 0.3) is 0 Å². The van der Waals surface area contributed by atoms with E-state index < -0.39 is 10.0 Å². The second-order valence-corrected chi connectivity index (χ2v) is 8.89. The smallest absolute Gasteiger partial charge is 0.251 e. The molecule has 0 radical (unpaired) electrons. The van der Waals surface area contributed by atoms with Gasteiger partial charge >= 0.3 is 0 Å². The van der Waals surface area contributed by atoms with E-state index in [4.69, 9.17) is 0 Å². The van der Waals surface area contributed by atoms with E-state index in [2.05, 4.69) is 34.9 Å². The highest BCUT2D eigenvalue weighted by atomic mass is 32.2. The first-order valence-electron chi connectivity index (χ1n) is 9.85. The van der Waals surface area contributed by atoms with Crippen LogP contribution in [0.5, 0.6) is 0 Å². The summed E-state index contributed by atoms with van der Waals surface area (Å²) in [7, 11) is -2.27. The molecule has 0 saturated carbocycles. The molecule has 1 amide bonds. The first kappa shape index (κ1) is 23.1. The first-order chi connectivity index (χ1) is 13.7. The van der Waals surface area contributed by atoms with Crippen LogP contribution in [0.4, 0.5) is 0 Å². The van der Waals surface area contributed by atoms with Crippen molar-refractivity contribution in [3.8, 4) is 0 Å². The molecule has 7 heteroatoms. The minimum Gasteiger partial charge on any atom is -0.348 e. The van der Waals surface area contributed by atoms with Crippen LogP contribution in [-0.2, 0) is 23.1 Å². The molecule has 0 unspecified atom stereocenters. The standard InChI is InChI=1S/C22H31N3O3S/c1-6-25(7-2)15-19-11-9-8-10-18(19)14-24-22(26)20-12-16(3)17(4)21(13-20)29(27,28)23-5/h8-13,23H,6-7,14-15H2,1-5H3,(H,24,26). The van der Waals surface area contributed by atoms with Gasteiger partial charge in [0.15, 0.2) is 0 Å². The Morgan fingerprint density at radius 1 is 1.03 bits per heavy atom. The fraction of sp³-hybridized carbons (Fsp3) is 0.409. The van der Waals surface area contributed by atoms with E-state index in [1.807, 2.05) is 18.2 Å². The van der Waals surface area contributed by atoms with E-state index in [1.165, 1.54) is 18.7 Å². The molecule has 0 aliphatic rings. The number of aryl methyl sites for hydroxylation is 1. The van der Waals surface area contributed by atoms with Gasteiger partial charge in [-0.15, -0.1) is 0 Å². The van der Waals surface area contributed by atoms with E-state index in [0.717, 1.165) is 30.8 Å². The largest absolute Gasteiger partial charge is 0.348 e. The third-order valence-corrected chi connectivity index (χ3v) is 6.83. The molecule has 2 rings (SSSR count). The van der Waals surface area contributed by atoms with Crippen molar-refractivity contribution in [3.05, 3.63) is 64.2 Å². The van der Waals surface area contributed by atoms with Crippen LogP contribution in [0.15, 0.2) is 41.3 Å². The molecule has 0 heterocycles. The molecule has 0 aliphatic heterocycles. The van der Waals surface area contributed by atoms with Crippen molar-refractivity contribution >= 4 is 15.9 Å². The molecular formula is C22H31N3O3S. The molecule has 2 aromatic rings. The summed E-state index contributed by atoms with van der Waals surface area (Å²) >= 11 is 0. The van der Waals surface area contributed by atoms with Gasteiger partial charge in [0, 0.05) is 18.7 Å². The highest BCUT2D eigenvalue weighted by molar-refractivity contribution is 7.89. The molecule has 29 heavy (non-hydrogen) atoms. The van der Waals surface area contributed by atoms with Crippen LogP contribution in [-0.4, -0.2) is 39.4 Å². The topological polar surface area (TPSA) is 78.5 Å². The van der Waals surface area contributed by atoms with Crippen LogP contribution in [0.2, 0.25) is 0 Å². The SMILES string of the molecule is CCN(CC)Cc1ccccc1CNC(=O)c1cc(C)c(C)c(S(=O)(=O)NC)c1. The Bertz CT molecular complexity index is 967. The lowest BCUT2D eigenvalue weighted by Gasteiger charge is -2.20. The second-order valence-electron chi connectivity index (χ2n) is 7.04. The zero-order valence-corrected chi connectivity index (χ0v) is 18.7.